The van der Waals surface area contributed by atoms with E-state index < -0.39 is 12.1 Å². The van der Waals surface area contributed by atoms with Crippen LogP contribution in [0.3, 0.4) is 0 Å². The lowest BCUT2D eigenvalue weighted by atomic mass is 10.1. The molecule has 0 bridgehead atoms. The van der Waals surface area contributed by atoms with Crippen molar-refractivity contribution in [1.82, 2.24) is 5.32 Å². The van der Waals surface area contributed by atoms with Crippen LogP contribution in [0, 0.1) is 11.3 Å². The monoisotopic (exact) mass is 175 g/mol. The van der Waals surface area contributed by atoms with Gasteiger partial charge < -0.3 is 11.1 Å². The number of nitrogens with zero attached hydrogens (tertiary/aromatic N) is 1. The molecule has 0 spiro atoms. The molecule has 4 heteroatoms. The van der Waals surface area contributed by atoms with Gasteiger partial charge in [-0.2, -0.15) is 5.26 Å². The quantitative estimate of drug-likeness (QED) is 0.700. The Hall–Kier alpha value is -2.02. The number of nitriles is 1. The fourth-order valence-electron chi connectivity index (χ4n) is 0.978. The standard InChI is InChI=1S/C9H9N3O/c10-6-8(12-9(11)13)7-4-2-1-3-5-7/h1-5,8H,(H3,11,12,13). The van der Waals surface area contributed by atoms with E-state index in [0.29, 0.717) is 0 Å². The van der Waals surface area contributed by atoms with Gasteiger partial charge >= 0.3 is 6.03 Å². The smallest absolute Gasteiger partial charge is 0.313 e. The Morgan fingerprint density at radius 3 is 2.54 bits per heavy atom. The summed E-state index contributed by atoms with van der Waals surface area (Å²) < 4.78 is 0. The number of primary amides is 1. The number of nitrogens with one attached hydrogen (secondary N) is 1. The minimum atomic E-state index is -0.699. The fraction of sp³-hybridized carbons (Fsp3) is 0.111. The van der Waals surface area contributed by atoms with Crippen molar-refractivity contribution >= 4 is 6.03 Å². The largest absolute Gasteiger partial charge is 0.352 e. The first-order valence-corrected chi connectivity index (χ1v) is 3.74. The highest BCUT2D eigenvalue weighted by Gasteiger charge is 2.10. The molecule has 0 aliphatic rings. The zero-order chi connectivity index (χ0) is 9.68. The summed E-state index contributed by atoms with van der Waals surface area (Å²) in [5, 5.41) is 11.0. The van der Waals surface area contributed by atoms with Crippen molar-refractivity contribution in [3.05, 3.63) is 35.9 Å². The van der Waals surface area contributed by atoms with Crippen LogP contribution >= 0.6 is 0 Å². The van der Waals surface area contributed by atoms with Gasteiger partial charge in [0.2, 0.25) is 0 Å². The summed E-state index contributed by atoms with van der Waals surface area (Å²) in [7, 11) is 0. The number of carbonyl (C=O) groups is 1. The van der Waals surface area contributed by atoms with E-state index in [2.05, 4.69) is 5.32 Å². The van der Waals surface area contributed by atoms with E-state index in [1.54, 1.807) is 24.3 Å². The number of nitrogens with two attached hydrogens (primary N) is 1. The molecule has 0 saturated heterocycles. The molecule has 1 atom stereocenters. The molecule has 4 nitrogen and oxygen atoms in total. The van der Waals surface area contributed by atoms with Crippen molar-refractivity contribution in [2.24, 2.45) is 5.73 Å². The van der Waals surface area contributed by atoms with Gasteiger partial charge in [0.15, 0.2) is 0 Å². The third kappa shape index (κ3) is 2.49. The SMILES string of the molecule is N#CC(NC(N)=O)c1ccccc1. The predicted molar refractivity (Wildman–Crippen MR) is 47.5 cm³/mol. The molecule has 0 saturated carbocycles. The van der Waals surface area contributed by atoms with Crippen molar-refractivity contribution < 1.29 is 4.79 Å². The topological polar surface area (TPSA) is 78.9 Å². The Balaban J connectivity index is 2.80. The first-order chi connectivity index (χ1) is 6.24. The predicted octanol–water partition coefficient (Wildman–Crippen LogP) is 0.920. The van der Waals surface area contributed by atoms with E-state index in [4.69, 9.17) is 11.0 Å². The summed E-state index contributed by atoms with van der Waals surface area (Å²) in [6.45, 7) is 0. The molecule has 3 N–H and O–H groups in total. The van der Waals surface area contributed by atoms with Gasteiger partial charge in [-0.1, -0.05) is 30.3 Å². The summed E-state index contributed by atoms with van der Waals surface area (Å²) in [4.78, 5) is 10.5. The molecule has 2 amide bonds. The molecule has 0 aliphatic heterocycles. The number of urea groups is 1. The Morgan fingerprint density at radius 1 is 1.46 bits per heavy atom. The zero-order valence-electron chi connectivity index (χ0n) is 6.90. The number of rotatable bonds is 2. The lowest BCUT2D eigenvalue weighted by Crippen LogP contribution is -2.32. The van der Waals surface area contributed by atoms with Crippen LogP contribution in [0.1, 0.15) is 11.6 Å². The first kappa shape index (κ1) is 9.07. The molecule has 66 valence electrons. The highest BCUT2D eigenvalue weighted by atomic mass is 16.2. The van der Waals surface area contributed by atoms with Gasteiger partial charge in [0.25, 0.3) is 0 Å². The van der Waals surface area contributed by atoms with Crippen LogP contribution in [0.4, 0.5) is 4.79 Å². The number of amides is 2. The van der Waals surface area contributed by atoms with Crippen molar-refractivity contribution in [2.45, 2.75) is 6.04 Å². The number of carbonyl (C=O) groups excluding carboxylic acids is 1. The lowest BCUT2D eigenvalue weighted by molar-refractivity contribution is 0.247. The van der Waals surface area contributed by atoms with Gasteiger partial charge in [-0.15, -0.1) is 0 Å². The molecular weight excluding hydrogens is 166 g/mol. The second-order valence-electron chi connectivity index (χ2n) is 2.48. The van der Waals surface area contributed by atoms with E-state index in [-0.39, 0.29) is 0 Å². The lowest BCUT2D eigenvalue weighted by Gasteiger charge is -2.08. The molecule has 0 radical (unpaired) electrons. The van der Waals surface area contributed by atoms with Gasteiger partial charge in [-0.05, 0) is 5.56 Å². The van der Waals surface area contributed by atoms with E-state index in [1.165, 1.54) is 0 Å². The van der Waals surface area contributed by atoms with Crippen LogP contribution in [0.2, 0.25) is 0 Å². The molecule has 0 aliphatic carbocycles. The average Bonchev–Trinajstić information content (AvgIpc) is 2.15. The van der Waals surface area contributed by atoms with Gasteiger partial charge in [0, 0.05) is 0 Å². The molecule has 0 heterocycles. The number of hydrogen-bond acceptors (Lipinski definition) is 2. The molecule has 1 unspecified atom stereocenters. The van der Waals surface area contributed by atoms with Crippen molar-refractivity contribution in [3.63, 3.8) is 0 Å². The average molecular weight is 175 g/mol. The molecular formula is C9H9N3O. The van der Waals surface area contributed by atoms with Crippen LogP contribution in [-0.2, 0) is 0 Å². The van der Waals surface area contributed by atoms with E-state index in [9.17, 15) is 4.79 Å². The van der Waals surface area contributed by atoms with Crippen LogP contribution in [0.5, 0.6) is 0 Å². The maximum absolute atomic E-state index is 10.5. The highest BCUT2D eigenvalue weighted by molar-refractivity contribution is 5.72. The Bertz CT molecular complexity index is 328. The Morgan fingerprint density at radius 2 is 2.08 bits per heavy atom. The highest BCUT2D eigenvalue weighted by Crippen LogP contribution is 2.10. The van der Waals surface area contributed by atoms with Crippen molar-refractivity contribution in [3.8, 4) is 6.07 Å². The molecule has 1 rings (SSSR count). The zero-order valence-corrected chi connectivity index (χ0v) is 6.90. The molecule has 0 aromatic heterocycles. The van der Waals surface area contributed by atoms with Gasteiger partial charge in [-0.25, -0.2) is 4.79 Å². The van der Waals surface area contributed by atoms with E-state index in [1.807, 2.05) is 12.1 Å². The Kier molecular flexibility index (Phi) is 2.87. The van der Waals surface area contributed by atoms with E-state index in [0.717, 1.165) is 5.56 Å². The molecule has 1 aromatic rings. The van der Waals surface area contributed by atoms with Gasteiger partial charge in [0.1, 0.15) is 6.04 Å². The van der Waals surface area contributed by atoms with E-state index >= 15 is 0 Å². The maximum atomic E-state index is 10.5. The maximum Gasteiger partial charge on any atom is 0.313 e. The third-order valence-corrected chi connectivity index (χ3v) is 1.55. The summed E-state index contributed by atoms with van der Waals surface area (Å²) in [6, 6.07) is 9.50. The van der Waals surface area contributed by atoms with Crippen LogP contribution < -0.4 is 11.1 Å². The molecule has 0 fully saturated rings. The number of hydrogen-bond donors (Lipinski definition) is 2. The molecule has 13 heavy (non-hydrogen) atoms. The molecule has 1 aromatic carbocycles. The van der Waals surface area contributed by atoms with Crippen LogP contribution in [0.15, 0.2) is 30.3 Å². The Labute approximate surface area is 76.0 Å². The number of benzene rings is 1. The second-order valence-corrected chi connectivity index (χ2v) is 2.48. The first-order valence-electron chi connectivity index (χ1n) is 3.74. The summed E-state index contributed by atoms with van der Waals surface area (Å²) in [5.74, 6) is 0. The van der Waals surface area contributed by atoms with Crippen molar-refractivity contribution in [1.29, 1.82) is 5.26 Å². The van der Waals surface area contributed by atoms with Crippen LogP contribution in [0.25, 0.3) is 0 Å². The third-order valence-electron chi connectivity index (χ3n) is 1.55. The summed E-state index contributed by atoms with van der Waals surface area (Å²) >= 11 is 0. The summed E-state index contributed by atoms with van der Waals surface area (Å²) in [5.41, 5.74) is 5.63. The fourth-order valence-corrected chi connectivity index (χ4v) is 0.978. The van der Waals surface area contributed by atoms with Crippen LogP contribution in [-0.4, -0.2) is 6.03 Å². The summed E-state index contributed by atoms with van der Waals surface area (Å²) in [6.07, 6.45) is 0. The minimum Gasteiger partial charge on any atom is -0.352 e. The minimum absolute atomic E-state index is 0.668. The van der Waals surface area contributed by atoms with Gasteiger partial charge in [-0.3, -0.25) is 0 Å². The normalized spacial score (nSPS) is 11.3. The second kappa shape index (κ2) is 4.12. The van der Waals surface area contributed by atoms with Crippen molar-refractivity contribution in [2.75, 3.05) is 0 Å². The van der Waals surface area contributed by atoms with Gasteiger partial charge in [0.05, 0.1) is 6.07 Å².